The molecule has 1 aliphatic carbocycles. The molecule has 1 aliphatic rings. The van der Waals surface area contributed by atoms with E-state index in [4.69, 9.17) is 4.98 Å². The normalized spacial score (nSPS) is 16.9. The van der Waals surface area contributed by atoms with Gasteiger partial charge in [-0.15, -0.1) is 0 Å². The van der Waals surface area contributed by atoms with Crippen molar-refractivity contribution in [3.05, 3.63) is 59.4 Å². The molecular formula is C24H26N2O2. The van der Waals surface area contributed by atoms with Crippen LogP contribution in [0.3, 0.4) is 0 Å². The zero-order valence-electron chi connectivity index (χ0n) is 16.5. The third-order valence-corrected chi connectivity index (χ3v) is 5.93. The van der Waals surface area contributed by atoms with Gasteiger partial charge in [-0.05, 0) is 54.9 Å². The minimum absolute atomic E-state index is 0.255. The zero-order chi connectivity index (χ0) is 19.7. The number of carboxylic acid groups (broad SMARTS) is 1. The number of benzene rings is 1. The summed E-state index contributed by atoms with van der Waals surface area (Å²) in [5.41, 5.74) is 8.35. The Morgan fingerprint density at radius 1 is 1.25 bits per heavy atom. The van der Waals surface area contributed by atoms with Crippen LogP contribution in [0, 0.1) is 5.92 Å². The van der Waals surface area contributed by atoms with Gasteiger partial charge in [0.2, 0.25) is 0 Å². The highest BCUT2D eigenvalue weighted by molar-refractivity contribution is 5.95. The molecule has 4 rings (SSSR count). The number of carbonyl (C=O) groups is 1. The summed E-state index contributed by atoms with van der Waals surface area (Å²) in [5.74, 6) is -0.946. The first-order valence-corrected chi connectivity index (χ1v) is 10.1. The molecule has 28 heavy (non-hydrogen) atoms. The predicted molar refractivity (Wildman–Crippen MR) is 113 cm³/mol. The quantitative estimate of drug-likeness (QED) is 0.609. The van der Waals surface area contributed by atoms with Crippen LogP contribution in [0.25, 0.3) is 27.7 Å². The molecule has 2 aromatic heterocycles. The summed E-state index contributed by atoms with van der Waals surface area (Å²) < 4.78 is 0. The Morgan fingerprint density at radius 2 is 2.00 bits per heavy atom. The Morgan fingerprint density at radius 3 is 2.61 bits per heavy atom. The van der Waals surface area contributed by atoms with Crippen LogP contribution in [0.5, 0.6) is 0 Å². The van der Waals surface area contributed by atoms with Crippen molar-refractivity contribution in [1.29, 1.82) is 0 Å². The smallest absolute Gasteiger partial charge is 0.306 e. The number of aryl methyl sites for hydroxylation is 2. The topological polar surface area (TPSA) is 66.0 Å². The molecule has 0 bridgehead atoms. The van der Waals surface area contributed by atoms with Crippen molar-refractivity contribution in [3.8, 4) is 11.3 Å². The van der Waals surface area contributed by atoms with Crippen LogP contribution in [0.2, 0.25) is 0 Å². The number of aliphatic carboxylic acids is 1. The molecule has 0 saturated heterocycles. The van der Waals surface area contributed by atoms with E-state index in [-0.39, 0.29) is 5.92 Å². The highest BCUT2D eigenvalue weighted by Gasteiger charge is 2.22. The average molecular weight is 374 g/mol. The van der Waals surface area contributed by atoms with Gasteiger partial charge in [-0.2, -0.15) is 0 Å². The fourth-order valence-corrected chi connectivity index (χ4v) is 4.30. The highest BCUT2D eigenvalue weighted by Crippen LogP contribution is 2.36. The second-order valence-electron chi connectivity index (χ2n) is 7.51. The maximum atomic E-state index is 11.2. The summed E-state index contributed by atoms with van der Waals surface area (Å²) in [6.07, 6.45) is 10.1. The van der Waals surface area contributed by atoms with Crippen molar-refractivity contribution in [2.24, 2.45) is 5.92 Å². The molecule has 4 nitrogen and oxygen atoms in total. The number of pyridine rings is 1. The molecule has 2 N–H and O–H groups in total. The number of hydrogen-bond acceptors (Lipinski definition) is 2. The molecule has 4 heteroatoms. The van der Waals surface area contributed by atoms with E-state index >= 15 is 0 Å². The van der Waals surface area contributed by atoms with E-state index in [1.165, 1.54) is 27.8 Å². The van der Waals surface area contributed by atoms with Crippen LogP contribution in [0.15, 0.2) is 42.7 Å². The molecule has 0 saturated carbocycles. The number of nitrogens with one attached hydrogen (secondary N) is 1. The van der Waals surface area contributed by atoms with Gasteiger partial charge < -0.3 is 10.1 Å². The van der Waals surface area contributed by atoms with Crippen LogP contribution >= 0.6 is 0 Å². The minimum Gasteiger partial charge on any atom is -0.481 e. The maximum absolute atomic E-state index is 11.2. The Balaban J connectivity index is 1.79. The molecule has 0 aliphatic heterocycles. The molecule has 3 aromatic rings. The van der Waals surface area contributed by atoms with Crippen molar-refractivity contribution in [2.75, 3.05) is 0 Å². The fraction of sp³-hybridized carbons (Fsp3) is 0.333. The first kappa shape index (κ1) is 18.5. The number of aromatic nitrogens is 2. The molecular weight excluding hydrogens is 348 g/mol. The van der Waals surface area contributed by atoms with E-state index in [9.17, 15) is 9.90 Å². The first-order valence-electron chi connectivity index (χ1n) is 10.1. The molecule has 1 aromatic carbocycles. The standard InChI is InChI=1S/C24H26N2O2/c1-3-15-6-5-7-16(4-2)23(15)21-12-19-20(13-25-22(19)14-26-21)17-8-10-18(11-9-17)24(27)28/h5-8,12-14,18,25H,3-4,9-11H2,1-2H3,(H,27,28). The second-order valence-corrected chi connectivity index (χ2v) is 7.51. The van der Waals surface area contributed by atoms with Crippen molar-refractivity contribution in [1.82, 2.24) is 9.97 Å². The summed E-state index contributed by atoms with van der Waals surface area (Å²) in [6, 6.07) is 8.70. The van der Waals surface area contributed by atoms with Crippen LogP contribution in [-0.4, -0.2) is 21.0 Å². The van der Waals surface area contributed by atoms with E-state index in [1.807, 2.05) is 12.4 Å². The van der Waals surface area contributed by atoms with E-state index < -0.39 is 5.97 Å². The zero-order valence-corrected chi connectivity index (χ0v) is 16.5. The Labute approximate surface area is 165 Å². The van der Waals surface area contributed by atoms with Crippen molar-refractivity contribution < 1.29 is 9.90 Å². The summed E-state index contributed by atoms with van der Waals surface area (Å²) in [7, 11) is 0. The van der Waals surface area contributed by atoms with E-state index in [1.54, 1.807) is 0 Å². The van der Waals surface area contributed by atoms with Gasteiger partial charge in [0.15, 0.2) is 0 Å². The van der Waals surface area contributed by atoms with E-state index in [0.29, 0.717) is 12.8 Å². The van der Waals surface area contributed by atoms with Gasteiger partial charge >= 0.3 is 5.97 Å². The number of rotatable bonds is 5. The average Bonchev–Trinajstić information content (AvgIpc) is 3.16. The summed E-state index contributed by atoms with van der Waals surface area (Å²) in [5, 5.41) is 10.4. The number of H-pyrrole nitrogens is 1. The van der Waals surface area contributed by atoms with Crippen LogP contribution < -0.4 is 0 Å². The van der Waals surface area contributed by atoms with Crippen molar-refractivity contribution >= 4 is 22.4 Å². The molecule has 0 fully saturated rings. The third-order valence-electron chi connectivity index (χ3n) is 5.93. The summed E-state index contributed by atoms with van der Waals surface area (Å²) >= 11 is 0. The maximum Gasteiger partial charge on any atom is 0.306 e. The number of allylic oxidation sites excluding steroid dienone is 2. The lowest BCUT2D eigenvalue weighted by Crippen LogP contribution is -2.15. The molecule has 144 valence electrons. The molecule has 2 heterocycles. The Kier molecular flexibility index (Phi) is 5.03. The number of hydrogen-bond donors (Lipinski definition) is 2. The van der Waals surface area contributed by atoms with Gasteiger partial charge in [-0.1, -0.05) is 38.1 Å². The lowest BCUT2D eigenvalue weighted by Gasteiger charge is -2.18. The number of fused-ring (bicyclic) bond motifs is 1. The monoisotopic (exact) mass is 374 g/mol. The number of nitrogens with zero attached hydrogens (tertiary/aromatic N) is 1. The van der Waals surface area contributed by atoms with E-state index in [0.717, 1.165) is 35.9 Å². The molecule has 0 spiro atoms. The Hall–Kier alpha value is -2.88. The van der Waals surface area contributed by atoms with Crippen LogP contribution in [0.1, 0.15) is 49.8 Å². The van der Waals surface area contributed by atoms with Gasteiger partial charge in [-0.3, -0.25) is 9.78 Å². The van der Waals surface area contributed by atoms with Gasteiger partial charge in [0.25, 0.3) is 0 Å². The molecule has 0 amide bonds. The molecule has 1 unspecified atom stereocenters. The predicted octanol–water partition coefficient (Wildman–Crippen LogP) is 5.62. The minimum atomic E-state index is -0.691. The van der Waals surface area contributed by atoms with Gasteiger partial charge in [0, 0.05) is 22.7 Å². The van der Waals surface area contributed by atoms with Crippen molar-refractivity contribution in [2.45, 2.75) is 46.0 Å². The summed E-state index contributed by atoms with van der Waals surface area (Å²) in [6.45, 7) is 4.37. The lowest BCUT2D eigenvalue weighted by atomic mass is 9.86. The van der Waals surface area contributed by atoms with Crippen LogP contribution in [-0.2, 0) is 17.6 Å². The largest absolute Gasteiger partial charge is 0.481 e. The first-order chi connectivity index (χ1) is 13.6. The number of aromatic amines is 1. The molecule has 1 atom stereocenters. The summed E-state index contributed by atoms with van der Waals surface area (Å²) in [4.78, 5) is 19.3. The van der Waals surface area contributed by atoms with Gasteiger partial charge in [-0.25, -0.2) is 0 Å². The SMILES string of the molecule is CCc1cccc(CC)c1-c1cc2c(C3=CCC(C(=O)O)CC3)c[nH]c2cn1. The lowest BCUT2D eigenvalue weighted by molar-refractivity contribution is -0.141. The van der Waals surface area contributed by atoms with Crippen molar-refractivity contribution in [3.63, 3.8) is 0 Å². The highest BCUT2D eigenvalue weighted by atomic mass is 16.4. The van der Waals surface area contributed by atoms with Gasteiger partial charge in [0.1, 0.15) is 0 Å². The fourth-order valence-electron chi connectivity index (χ4n) is 4.30. The molecule has 0 radical (unpaired) electrons. The Bertz CT molecular complexity index is 1040. The second kappa shape index (κ2) is 7.63. The third kappa shape index (κ3) is 3.24. The van der Waals surface area contributed by atoms with E-state index in [2.05, 4.69) is 49.2 Å². The van der Waals surface area contributed by atoms with Gasteiger partial charge in [0.05, 0.1) is 23.3 Å². The van der Waals surface area contributed by atoms with Crippen LogP contribution in [0.4, 0.5) is 0 Å². The number of carboxylic acids is 1.